The van der Waals surface area contributed by atoms with Crippen molar-refractivity contribution in [3.05, 3.63) is 36.4 Å². The molecule has 0 aliphatic carbocycles. The minimum Gasteiger partial charge on any atom is -0.504 e. The average molecular weight is 431 g/mol. The number of benzene rings is 2. The van der Waals surface area contributed by atoms with E-state index in [2.05, 4.69) is 13.8 Å². The van der Waals surface area contributed by atoms with E-state index in [-0.39, 0.29) is 11.5 Å². The fraction of sp³-hybridized carbons (Fsp3) is 0.538. The van der Waals surface area contributed by atoms with Gasteiger partial charge >= 0.3 is 0 Å². The molecule has 0 aliphatic heterocycles. The van der Waals surface area contributed by atoms with E-state index < -0.39 is 0 Å². The van der Waals surface area contributed by atoms with Crippen molar-refractivity contribution in [3.63, 3.8) is 0 Å². The number of phenols is 2. The summed E-state index contributed by atoms with van der Waals surface area (Å²) in [5, 5.41) is 20.1. The first-order valence-corrected chi connectivity index (χ1v) is 11.7. The van der Waals surface area contributed by atoms with Crippen molar-refractivity contribution in [2.75, 3.05) is 13.2 Å². The van der Waals surface area contributed by atoms with E-state index in [4.69, 9.17) is 14.2 Å². The first-order chi connectivity index (χ1) is 15.1. The summed E-state index contributed by atoms with van der Waals surface area (Å²) >= 11 is 0. The number of rotatable bonds is 16. The summed E-state index contributed by atoms with van der Waals surface area (Å²) in [6.45, 7) is 5.52. The van der Waals surface area contributed by atoms with Gasteiger partial charge in [-0.2, -0.15) is 0 Å². The van der Waals surface area contributed by atoms with Crippen molar-refractivity contribution >= 4 is 0 Å². The molecule has 0 aromatic heterocycles. The van der Waals surface area contributed by atoms with Gasteiger partial charge in [0.25, 0.3) is 0 Å². The third kappa shape index (κ3) is 9.41. The van der Waals surface area contributed by atoms with Crippen molar-refractivity contribution in [2.24, 2.45) is 0 Å². The Kier molecular flexibility index (Phi) is 11.5. The molecule has 2 N–H and O–H groups in total. The van der Waals surface area contributed by atoms with Crippen molar-refractivity contribution in [3.8, 4) is 34.5 Å². The molecule has 0 saturated carbocycles. The zero-order valence-electron chi connectivity index (χ0n) is 19.1. The Bertz CT molecular complexity index is 696. The van der Waals surface area contributed by atoms with Gasteiger partial charge in [0.1, 0.15) is 11.5 Å². The Morgan fingerprint density at radius 2 is 1.00 bits per heavy atom. The van der Waals surface area contributed by atoms with Crippen LogP contribution >= 0.6 is 0 Å². The lowest BCUT2D eigenvalue weighted by atomic mass is 10.2. The predicted octanol–water partition coefficient (Wildman–Crippen LogP) is 7.59. The summed E-state index contributed by atoms with van der Waals surface area (Å²) in [7, 11) is 0. The third-order valence-electron chi connectivity index (χ3n) is 5.11. The molecule has 2 aromatic carbocycles. The lowest BCUT2D eigenvalue weighted by Crippen LogP contribution is -1.99. The summed E-state index contributed by atoms with van der Waals surface area (Å²) in [6, 6.07) is 9.87. The Hall–Kier alpha value is -2.56. The third-order valence-corrected chi connectivity index (χ3v) is 5.11. The van der Waals surface area contributed by atoms with Crippen LogP contribution in [0.3, 0.4) is 0 Å². The van der Waals surface area contributed by atoms with E-state index in [9.17, 15) is 10.2 Å². The number of unbranched alkanes of at least 4 members (excludes halogenated alkanes) is 8. The summed E-state index contributed by atoms with van der Waals surface area (Å²) in [5.41, 5.74) is 0. The standard InChI is InChI=1S/C26H38O5/c1-3-5-7-9-11-17-29-25-19-21(13-15-23(25)27)31-22-14-16-24(28)26(20-22)30-18-12-10-8-6-4-2/h13-16,19-20,27-28H,3-12,17-18H2,1-2H3. The van der Waals surface area contributed by atoms with E-state index in [1.165, 1.54) is 38.5 Å². The van der Waals surface area contributed by atoms with Gasteiger partial charge in [-0.05, 0) is 37.1 Å². The number of phenolic OH excluding ortho intramolecular Hbond substituents is 2. The molecule has 0 heterocycles. The van der Waals surface area contributed by atoms with Crippen LogP contribution < -0.4 is 14.2 Å². The minimum absolute atomic E-state index is 0.0960. The van der Waals surface area contributed by atoms with Crippen LogP contribution in [0.1, 0.15) is 78.1 Å². The highest BCUT2D eigenvalue weighted by atomic mass is 16.5. The molecular formula is C26H38O5. The first kappa shape index (κ1) is 24.7. The normalized spacial score (nSPS) is 10.8. The Morgan fingerprint density at radius 3 is 1.42 bits per heavy atom. The molecule has 0 atom stereocenters. The largest absolute Gasteiger partial charge is 0.504 e. The van der Waals surface area contributed by atoms with Crippen LogP contribution in [0.2, 0.25) is 0 Å². The second-order valence-electron chi connectivity index (χ2n) is 7.89. The maximum absolute atomic E-state index is 10.1. The molecular weight excluding hydrogens is 392 g/mol. The Balaban J connectivity index is 1.88. The maximum Gasteiger partial charge on any atom is 0.164 e. The van der Waals surface area contributed by atoms with Crippen molar-refractivity contribution < 1.29 is 24.4 Å². The van der Waals surface area contributed by atoms with Crippen molar-refractivity contribution in [1.29, 1.82) is 0 Å². The lowest BCUT2D eigenvalue weighted by Gasteiger charge is -2.13. The van der Waals surface area contributed by atoms with Gasteiger partial charge in [-0.3, -0.25) is 0 Å². The van der Waals surface area contributed by atoms with Crippen molar-refractivity contribution in [1.82, 2.24) is 0 Å². The maximum atomic E-state index is 10.1. The van der Waals surface area contributed by atoms with Gasteiger partial charge in [0.2, 0.25) is 0 Å². The van der Waals surface area contributed by atoms with Crippen LogP contribution in [0.4, 0.5) is 0 Å². The fourth-order valence-electron chi connectivity index (χ4n) is 3.26. The molecule has 0 aliphatic rings. The lowest BCUT2D eigenvalue weighted by molar-refractivity contribution is 0.286. The smallest absolute Gasteiger partial charge is 0.164 e. The predicted molar refractivity (Wildman–Crippen MR) is 125 cm³/mol. The van der Waals surface area contributed by atoms with Crippen molar-refractivity contribution in [2.45, 2.75) is 78.1 Å². The quantitative estimate of drug-likeness (QED) is 0.269. The SMILES string of the molecule is CCCCCCCOc1cc(Oc2ccc(O)c(OCCCCCCC)c2)ccc1O. The van der Waals surface area contributed by atoms with E-state index >= 15 is 0 Å². The summed E-state index contributed by atoms with van der Waals surface area (Å²) in [5.74, 6) is 2.12. The zero-order valence-corrected chi connectivity index (χ0v) is 19.1. The number of hydrogen-bond acceptors (Lipinski definition) is 5. The number of hydrogen-bond donors (Lipinski definition) is 2. The monoisotopic (exact) mass is 430 g/mol. The molecule has 0 saturated heterocycles. The molecule has 0 fully saturated rings. The van der Waals surface area contributed by atoms with Crippen LogP contribution in [0.25, 0.3) is 0 Å². The highest BCUT2D eigenvalue weighted by molar-refractivity contribution is 5.48. The zero-order chi connectivity index (χ0) is 22.3. The van der Waals surface area contributed by atoms with Gasteiger partial charge in [-0.1, -0.05) is 65.2 Å². The first-order valence-electron chi connectivity index (χ1n) is 11.7. The Labute approximate surface area is 187 Å². The van der Waals surface area contributed by atoms with E-state index in [1.807, 2.05) is 0 Å². The molecule has 2 rings (SSSR count). The molecule has 0 amide bonds. The second-order valence-corrected chi connectivity index (χ2v) is 7.89. The number of aromatic hydroxyl groups is 2. The summed E-state index contributed by atoms with van der Waals surface area (Å²) in [6.07, 6.45) is 11.5. The van der Waals surface area contributed by atoms with Gasteiger partial charge in [-0.15, -0.1) is 0 Å². The topological polar surface area (TPSA) is 68.2 Å². The fourth-order valence-corrected chi connectivity index (χ4v) is 3.26. The van der Waals surface area contributed by atoms with Crippen LogP contribution in [-0.2, 0) is 0 Å². The highest BCUT2D eigenvalue weighted by Gasteiger charge is 2.09. The van der Waals surface area contributed by atoms with Gasteiger partial charge in [0, 0.05) is 12.1 Å². The van der Waals surface area contributed by atoms with Crippen LogP contribution in [0.5, 0.6) is 34.5 Å². The van der Waals surface area contributed by atoms with Crippen LogP contribution in [0.15, 0.2) is 36.4 Å². The second kappa shape index (κ2) is 14.4. The van der Waals surface area contributed by atoms with Gasteiger partial charge in [-0.25, -0.2) is 0 Å². The summed E-state index contributed by atoms with van der Waals surface area (Å²) in [4.78, 5) is 0. The molecule has 31 heavy (non-hydrogen) atoms. The molecule has 0 spiro atoms. The molecule has 0 radical (unpaired) electrons. The molecule has 5 heteroatoms. The molecule has 5 nitrogen and oxygen atoms in total. The number of ether oxygens (including phenoxy) is 3. The van der Waals surface area contributed by atoms with Gasteiger partial charge < -0.3 is 24.4 Å². The minimum atomic E-state index is 0.0960. The van der Waals surface area contributed by atoms with Crippen LogP contribution in [0, 0.1) is 0 Å². The van der Waals surface area contributed by atoms with E-state index in [1.54, 1.807) is 36.4 Å². The van der Waals surface area contributed by atoms with Gasteiger partial charge in [0.05, 0.1) is 13.2 Å². The van der Waals surface area contributed by atoms with Gasteiger partial charge in [0.15, 0.2) is 23.0 Å². The Morgan fingerprint density at radius 1 is 0.581 bits per heavy atom. The molecule has 0 bridgehead atoms. The highest BCUT2D eigenvalue weighted by Crippen LogP contribution is 2.36. The average Bonchev–Trinajstić information content (AvgIpc) is 2.77. The van der Waals surface area contributed by atoms with E-state index in [0.29, 0.717) is 36.2 Å². The molecule has 172 valence electrons. The molecule has 2 aromatic rings. The molecule has 0 unspecified atom stereocenters. The van der Waals surface area contributed by atoms with E-state index in [0.717, 1.165) is 25.7 Å². The summed E-state index contributed by atoms with van der Waals surface area (Å²) < 4.78 is 17.4. The van der Waals surface area contributed by atoms with Crippen LogP contribution in [-0.4, -0.2) is 23.4 Å².